The molecule has 1 nitrogen and oxygen atoms in total. The SMILES string of the molecule is OC1(Cc2cccc(C(F)(F)C(F)(F)F)c2)CC1. The summed E-state index contributed by atoms with van der Waals surface area (Å²) in [5, 5.41) is 9.63. The summed E-state index contributed by atoms with van der Waals surface area (Å²) in [6, 6.07) is 4.14. The van der Waals surface area contributed by atoms with Crippen molar-refractivity contribution in [3.05, 3.63) is 35.4 Å². The van der Waals surface area contributed by atoms with Gasteiger partial charge < -0.3 is 5.11 Å². The Hall–Kier alpha value is -1.17. The third-order valence-corrected chi connectivity index (χ3v) is 3.01. The van der Waals surface area contributed by atoms with Crippen molar-refractivity contribution < 1.29 is 27.1 Å². The Kier molecular flexibility index (Phi) is 2.88. The van der Waals surface area contributed by atoms with Crippen LogP contribution >= 0.6 is 0 Å². The van der Waals surface area contributed by atoms with E-state index in [9.17, 15) is 27.1 Å². The molecule has 0 unspecified atom stereocenters. The maximum atomic E-state index is 13.1. The number of hydrogen-bond donors (Lipinski definition) is 1. The quantitative estimate of drug-likeness (QED) is 0.831. The molecule has 100 valence electrons. The van der Waals surface area contributed by atoms with E-state index >= 15 is 0 Å². The number of rotatable bonds is 3. The minimum atomic E-state index is -5.61. The second-order valence-corrected chi connectivity index (χ2v) is 4.67. The van der Waals surface area contributed by atoms with Crippen LogP contribution in [-0.2, 0) is 12.3 Å². The molecule has 1 saturated carbocycles. The van der Waals surface area contributed by atoms with Crippen molar-refractivity contribution in [3.63, 3.8) is 0 Å². The van der Waals surface area contributed by atoms with Gasteiger partial charge in [0.2, 0.25) is 0 Å². The zero-order chi connectivity index (χ0) is 13.6. The van der Waals surface area contributed by atoms with Gasteiger partial charge in [0.1, 0.15) is 0 Å². The standard InChI is InChI=1S/C12H11F5O/c13-11(14,12(15,16)17)9-3-1-2-8(6-9)7-10(18)4-5-10/h1-3,6,18H,4-5,7H2. The minimum absolute atomic E-state index is 0.106. The number of aliphatic hydroxyl groups is 1. The topological polar surface area (TPSA) is 20.2 Å². The molecule has 1 fully saturated rings. The third kappa shape index (κ3) is 2.48. The van der Waals surface area contributed by atoms with Gasteiger partial charge in [0, 0.05) is 12.0 Å². The molecule has 0 saturated heterocycles. The summed E-state index contributed by atoms with van der Waals surface area (Å²) in [5.41, 5.74) is -1.72. The van der Waals surface area contributed by atoms with Gasteiger partial charge in [0.05, 0.1) is 5.60 Å². The van der Waals surface area contributed by atoms with E-state index < -0.39 is 23.3 Å². The largest absolute Gasteiger partial charge is 0.458 e. The Morgan fingerprint density at radius 2 is 1.72 bits per heavy atom. The van der Waals surface area contributed by atoms with Gasteiger partial charge in [-0.2, -0.15) is 22.0 Å². The molecule has 1 N–H and O–H groups in total. The third-order valence-electron chi connectivity index (χ3n) is 3.01. The molecule has 2 rings (SSSR count). The average Bonchev–Trinajstić information content (AvgIpc) is 2.94. The molecule has 18 heavy (non-hydrogen) atoms. The van der Waals surface area contributed by atoms with Crippen LogP contribution in [-0.4, -0.2) is 16.9 Å². The highest BCUT2D eigenvalue weighted by atomic mass is 19.4. The predicted octanol–water partition coefficient (Wildman–Crippen LogP) is 3.41. The molecule has 0 atom stereocenters. The van der Waals surface area contributed by atoms with E-state index in [-0.39, 0.29) is 12.0 Å². The van der Waals surface area contributed by atoms with Gasteiger partial charge in [-0.05, 0) is 24.5 Å². The monoisotopic (exact) mass is 266 g/mol. The fourth-order valence-corrected chi connectivity index (χ4v) is 1.74. The summed E-state index contributed by atoms with van der Waals surface area (Å²) in [4.78, 5) is 0. The number of halogens is 5. The van der Waals surface area contributed by atoms with Gasteiger partial charge in [-0.1, -0.05) is 18.2 Å². The average molecular weight is 266 g/mol. The van der Waals surface area contributed by atoms with E-state index in [2.05, 4.69) is 0 Å². The first kappa shape index (κ1) is 13.3. The number of hydrogen-bond acceptors (Lipinski definition) is 1. The molecule has 1 aromatic carbocycles. The van der Waals surface area contributed by atoms with Crippen molar-refractivity contribution in [2.45, 2.75) is 37.0 Å². The maximum Gasteiger partial charge on any atom is 0.458 e. The summed E-state index contributed by atoms with van der Waals surface area (Å²) in [7, 11) is 0. The van der Waals surface area contributed by atoms with Crippen LogP contribution in [0.2, 0.25) is 0 Å². The summed E-state index contributed by atoms with van der Waals surface area (Å²) in [6.45, 7) is 0. The molecule has 1 aromatic rings. The van der Waals surface area contributed by atoms with Crippen LogP contribution in [0.4, 0.5) is 22.0 Å². The summed E-state index contributed by atoms with van der Waals surface area (Å²) < 4.78 is 62.8. The zero-order valence-electron chi connectivity index (χ0n) is 9.27. The van der Waals surface area contributed by atoms with E-state index in [1.807, 2.05) is 0 Å². The van der Waals surface area contributed by atoms with Gasteiger partial charge in [0.15, 0.2) is 0 Å². The van der Waals surface area contributed by atoms with Gasteiger partial charge in [-0.25, -0.2) is 0 Å². The van der Waals surface area contributed by atoms with Crippen LogP contribution in [0.15, 0.2) is 24.3 Å². The van der Waals surface area contributed by atoms with Crippen LogP contribution in [0.25, 0.3) is 0 Å². The lowest BCUT2D eigenvalue weighted by molar-refractivity contribution is -0.289. The molecular weight excluding hydrogens is 255 g/mol. The normalized spacial score (nSPS) is 18.8. The Labute approximate surface area is 100 Å². The highest BCUT2D eigenvalue weighted by Gasteiger charge is 2.58. The van der Waals surface area contributed by atoms with Crippen LogP contribution in [0.5, 0.6) is 0 Å². The van der Waals surface area contributed by atoms with Crippen molar-refractivity contribution in [1.82, 2.24) is 0 Å². The van der Waals surface area contributed by atoms with Crippen molar-refractivity contribution in [2.75, 3.05) is 0 Å². The summed E-state index contributed by atoms with van der Waals surface area (Å²) in [6.07, 6.45) is -4.41. The van der Waals surface area contributed by atoms with Crippen molar-refractivity contribution in [1.29, 1.82) is 0 Å². The first-order chi connectivity index (χ1) is 8.14. The number of alkyl halides is 5. The predicted molar refractivity (Wildman–Crippen MR) is 54.3 cm³/mol. The fraction of sp³-hybridized carbons (Fsp3) is 0.500. The molecular formula is C12H11F5O. The second-order valence-electron chi connectivity index (χ2n) is 4.67. The van der Waals surface area contributed by atoms with E-state index in [1.54, 1.807) is 0 Å². The second kappa shape index (κ2) is 3.91. The molecule has 0 bridgehead atoms. The molecule has 6 heteroatoms. The maximum absolute atomic E-state index is 13.1. The lowest BCUT2D eigenvalue weighted by Crippen LogP contribution is -2.33. The minimum Gasteiger partial charge on any atom is -0.390 e. The van der Waals surface area contributed by atoms with E-state index in [4.69, 9.17) is 0 Å². The highest BCUT2D eigenvalue weighted by Crippen LogP contribution is 2.44. The molecule has 0 amide bonds. The Morgan fingerprint density at radius 1 is 1.11 bits per heavy atom. The number of benzene rings is 1. The molecule has 1 aliphatic carbocycles. The zero-order valence-corrected chi connectivity index (χ0v) is 9.27. The van der Waals surface area contributed by atoms with Gasteiger partial charge in [0.25, 0.3) is 0 Å². The summed E-state index contributed by atoms with van der Waals surface area (Å²) in [5.74, 6) is -4.87. The first-order valence-electron chi connectivity index (χ1n) is 5.40. The molecule has 0 spiro atoms. The smallest absolute Gasteiger partial charge is 0.390 e. The highest BCUT2D eigenvalue weighted by molar-refractivity contribution is 5.29. The van der Waals surface area contributed by atoms with Crippen LogP contribution in [0.1, 0.15) is 24.0 Å². The Balaban J connectivity index is 2.26. The van der Waals surface area contributed by atoms with Crippen molar-refractivity contribution in [2.24, 2.45) is 0 Å². The van der Waals surface area contributed by atoms with Gasteiger partial charge in [-0.3, -0.25) is 0 Å². The molecule has 0 aromatic heterocycles. The summed E-state index contributed by atoms with van der Waals surface area (Å²) >= 11 is 0. The van der Waals surface area contributed by atoms with E-state index in [1.165, 1.54) is 6.07 Å². The molecule has 0 aliphatic heterocycles. The van der Waals surface area contributed by atoms with Crippen molar-refractivity contribution >= 4 is 0 Å². The Morgan fingerprint density at radius 3 is 2.22 bits per heavy atom. The van der Waals surface area contributed by atoms with E-state index in [0.29, 0.717) is 12.8 Å². The molecule has 0 heterocycles. The van der Waals surface area contributed by atoms with Gasteiger partial charge >= 0.3 is 12.1 Å². The Bertz CT molecular complexity index is 448. The van der Waals surface area contributed by atoms with Crippen molar-refractivity contribution in [3.8, 4) is 0 Å². The fourth-order valence-electron chi connectivity index (χ4n) is 1.74. The molecule has 1 aliphatic rings. The lowest BCUT2D eigenvalue weighted by Gasteiger charge is -2.20. The first-order valence-corrected chi connectivity index (χ1v) is 5.40. The van der Waals surface area contributed by atoms with E-state index in [0.717, 1.165) is 18.2 Å². The van der Waals surface area contributed by atoms with Crippen LogP contribution in [0, 0.1) is 0 Å². The van der Waals surface area contributed by atoms with Crippen LogP contribution in [0.3, 0.4) is 0 Å². The van der Waals surface area contributed by atoms with Gasteiger partial charge in [-0.15, -0.1) is 0 Å². The molecule has 0 radical (unpaired) electrons. The van der Waals surface area contributed by atoms with Crippen LogP contribution < -0.4 is 0 Å². The lowest BCUT2D eigenvalue weighted by atomic mass is 10.0.